The number of nitrogens with two attached hydrogens (primary N) is 1. The summed E-state index contributed by atoms with van der Waals surface area (Å²) >= 11 is 17.5. The minimum absolute atomic E-state index is 0.197. The van der Waals surface area contributed by atoms with Crippen LogP contribution in [-0.4, -0.2) is 11.7 Å². The smallest absolute Gasteiger partial charge is 0.327 e. The van der Waals surface area contributed by atoms with Gasteiger partial charge in [-0.15, -0.1) is 33.2 Å². The van der Waals surface area contributed by atoms with Crippen LogP contribution in [0.15, 0.2) is 0 Å². The lowest BCUT2D eigenvalue weighted by atomic mass is 10.1. The van der Waals surface area contributed by atoms with Crippen molar-refractivity contribution in [3.05, 3.63) is 0 Å². The van der Waals surface area contributed by atoms with Crippen molar-refractivity contribution in [2.45, 2.75) is 76.8 Å². The molecule has 0 bridgehead atoms. The minimum atomic E-state index is -2.66. The average molecular weight is 319 g/mol. The molecule has 17 heavy (non-hydrogen) atoms. The van der Waals surface area contributed by atoms with Crippen molar-refractivity contribution in [1.29, 1.82) is 0 Å². The Balaban J connectivity index is 3.19. The van der Waals surface area contributed by atoms with E-state index in [1.54, 1.807) is 0 Å². The fourth-order valence-electron chi connectivity index (χ4n) is 1.84. The number of rotatable bonds is 11. The monoisotopic (exact) mass is 317 g/mol. The van der Waals surface area contributed by atoms with Gasteiger partial charge in [-0.1, -0.05) is 64.7 Å². The van der Waals surface area contributed by atoms with E-state index in [-0.39, 0.29) is 5.67 Å². The Morgan fingerprint density at radius 1 is 0.824 bits per heavy atom. The maximum atomic E-state index is 5.84. The molecule has 5 heteroatoms. The molecule has 0 aliphatic rings. The lowest BCUT2D eigenvalue weighted by Gasteiger charge is -2.16. The van der Waals surface area contributed by atoms with Gasteiger partial charge >= 0.3 is 6.00 Å². The molecule has 2 N–H and O–H groups in total. The molecule has 0 aliphatic heterocycles. The minimum Gasteiger partial charge on any atom is -0.327 e. The quantitative estimate of drug-likeness (QED) is 0.307. The first kappa shape index (κ1) is 18.0. The number of halogens is 3. The lowest BCUT2D eigenvalue weighted by Crippen LogP contribution is -2.39. The van der Waals surface area contributed by atoms with Gasteiger partial charge in [-0.25, -0.2) is 0 Å². The molecule has 0 radical (unpaired) electrons. The van der Waals surface area contributed by atoms with Crippen LogP contribution in [0.25, 0.3) is 0 Å². The van der Waals surface area contributed by atoms with Crippen molar-refractivity contribution in [2.24, 2.45) is 5.73 Å². The van der Waals surface area contributed by atoms with E-state index in [0.717, 1.165) is 12.8 Å². The zero-order valence-corrected chi connectivity index (χ0v) is 14.1. The molecule has 0 heterocycles. The summed E-state index contributed by atoms with van der Waals surface area (Å²) in [6, 6.07) is -2.66. The van der Waals surface area contributed by atoms with E-state index >= 15 is 0 Å². The van der Waals surface area contributed by atoms with Gasteiger partial charge in [0, 0.05) is 5.67 Å². The summed E-state index contributed by atoms with van der Waals surface area (Å²) in [5.74, 6) is 0. The van der Waals surface area contributed by atoms with Gasteiger partial charge in [0.05, 0.1) is 0 Å². The summed E-state index contributed by atoms with van der Waals surface area (Å²) < 4.78 is 0. The first-order valence-electron chi connectivity index (χ1n) is 6.80. The Morgan fingerprint density at radius 2 is 1.24 bits per heavy atom. The van der Waals surface area contributed by atoms with Gasteiger partial charge in [0.2, 0.25) is 0 Å². The molecule has 0 aromatic heterocycles. The second-order valence-electron chi connectivity index (χ2n) is 4.77. The fourth-order valence-corrected chi connectivity index (χ4v) is 3.35. The molecule has 1 nitrogen and oxygen atoms in total. The average Bonchev–Trinajstić information content (AvgIpc) is 2.25. The van der Waals surface area contributed by atoms with E-state index in [2.05, 4.69) is 6.92 Å². The topological polar surface area (TPSA) is 26.0 Å². The molecule has 0 aromatic rings. The van der Waals surface area contributed by atoms with Gasteiger partial charge in [-0.2, -0.15) is 0 Å². The van der Waals surface area contributed by atoms with E-state index in [4.69, 9.17) is 39.0 Å². The SMILES string of the molecule is CCCCCCCCCCCC(N)[Si](Cl)(Cl)Cl. The molecule has 0 aliphatic carbocycles. The Kier molecular flexibility index (Phi) is 11.6. The Morgan fingerprint density at radius 3 is 1.65 bits per heavy atom. The molecule has 0 fully saturated rings. The van der Waals surface area contributed by atoms with Gasteiger partial charge in [-0.3, -0.25) is 0 Å². The molecule has 0 aromatic carbocycles. The second kappa shape index (κ2) is 10.9. The number of hydrogen-bond donors (Lipinski definition) is 1. The summed E-state index contributed by atoms with van der Waals surface area (Å²) in [5.41, 5.74) is 5.62. The van der Waals surface area contributed by atoms with Gasteiger partial charge in [0.15, 0.2) is 0 Å². The van der Waals surface area contributed by atoms with E-state index in [9.17, 15) is 0 Å². The molecule has 1 atom stereocenters. The van der Waals surface area contributed by atoms with E-state index in [1.165, 1.54) is 51.4 Å². The van der Waals surface area contributed by atoms with Gasteiger partial charge in [0.1, 0.15) is 0 Å². The highest BCUT2D eigenvalue weighted by Crippen LogP contribution is 2.25. The van der Waals surface area contributed by atoms with Crippen molar-refractivity contribution in [3.63, 3.8) is 0 Å². The predicted octanol–water partition coefficient (Wildman–Crippen LogP) is 5.43. The summed E-state index contributed by atoms with van der Waals surface area (Å²) in [5, 5.41) is 0. The first-order valence-corrected chi connectivity index (χ1v) is 11.9. The Labute approximate surface area is 122 Å². The van der Waals surface area contributed by atoms with E-state index < -0.39 is 6.00 Å². The maximum Gasteiger partial charge on any atom is 0.357 e. The Hall–Kier alpha value is 1.05. The number of hydrogen-bond acceptors (Lipinski definition) is 1. The molecule has 104 valence electrons. The largest absolute Gasteiger partial charge is 0.357 e. The van der Waals surface area contributed by atoms with Crippen LogP contribution >= 0.6 is 33.2 Å². The lowest BCUT2D eigenvalue weighted by molar-refractivity contribution is 0.552. The van der Waals surface area contributed by atoms with Crippen molar-refractivity contribution >= 4 is 39.2 Å². The molecule has 1 unspecified atom stereocenters. The third-order valence-corrected chi connectivity index (χ3v) is 6.69. The summed E-state index contributed by atoms with van der Waals surface area (Å²) in [4.78, 5) is 0. The summed E-state index contributed by atoms with van der Waals surface area (Å²) in [6.07, 6.45) is 12.6. The summed E-state index contributed by atoms with van der Waals surface area (Å²) in [6.45, 7) is 2.25. The molecule has 0 amide bonds. The predicted molar refractivity (Wildman–Crippen MR) is 83.1 cm³/mol. The van der Waals surface area contributed by atoms with E-state index in [1.807, 2.05) is 0 Å². The van der Waals surface area contributed by atoms with Crippen LogP contribution in [0.1, 0.15) is 71.1 Å². The van der Waals surface area contributed by atoms with Gasteiger partial charge in [-0.05, 0) is 6.42 Å². The standard InChI is InChI=1S/C12H26Cl3NSi/c1-2-3-4-5-6-7-8-9-10-11-12(16)17(13,14)15/h12H,2-11,16H2,1H3. The highest BCUT2D eigenvalue weighted by molar-refractivity contribution is 7.65. The number of unbranched alkanes of at least 4 members (excludes halogenated alkanes) is 8. The fraction of sp³-hybridized carbons (Fsp3) is 1.00. The summed E-state index contributed by atoms with van der Waals surface area (Å²) in [7, 11) is 0. The maximum absolute atomic E-state index is 5.84. The van der Waals surface area contributed by atoms with Crippen molar-refractivity contribution < 1.29 is 0 Å². The normalized spacial score (nSPS) is 13.9. The van der Waals surface area contributed by atoms with Crippen LogP contribution in [0.2, 0.25) is 0 Å². The van der Waals surface area contributed by atoms with Crippen LogP contribution < -0.4 is 5.73 Å². The third-order valence-electron chi connectivity index (χ3n) is 3.04. The molecule has 0 saturated carbocycles. The van der Waals surface area contributed by atoms with Crippen LogP contribution in [0.5, 0.6) is 0 Å². The van der Waals surface area contributed by atoms with Crippen molar-refractivity contribution in [3.8, 4) is 0 Å². The zero-order valence-electron chi connectivity index (χ0n) is 10.9. The first-order chi connectivity index (χ1) is 7.98. The van der Waals surface area contributed by atoms with Gasteiger partial charge in [0.25, 0.3) is 0 Å². The highest BCUT2D eigenvalue weighted by atomic mass is 35.8. The third kappa shape index (κ3) is 11.9. The van der Waals surface area contributed by atoms with Gasteiger partial charge < -0.3 is 5.73 Å². The molecule has 0 spiro atoms. The van der Waals surface area contributed by atoms with E-state index in [0.29, 0.717) is 0 Å². The van der Waals surface area contributed by atoms with Crippen LogP contribution in [-0.2, 0) is 0 Å². The second-order valence-corrected chi connectivity index (χ2v) is 13.7. The molecular weight excluding hydrogens is 293 g/mol. The zero-order chi connectivity index (χ0) is 13.1. The molecule has 0 saturated heterocycles. The Bertz CT molecular complexity index is 174. The van der Waals surface area contributed by atoms with Crippen molar-refractivity contribution in [1.82, 2.24) is 0 Å². The van der Waals surface area contributed by atoms with Crippen LogP contribution in [0, 0.1) is 0 Å². The highest BCUT2D eigenvalue weighted by Gasteiger charge is 2.33. The molecular formula is C12H26Cl3NSi. The van der Waals surface area contributed by atoms with Crippen LogP contribution in [0.4, 0.5) is 0 Å². The molecule has 0 rings (SSSR count). The van der Waals surface area contributed by atoms with Crippen LogP contribution in [0.3, 0.4) is 0 Å². The van der Waals surface area contributed by atoms with Crippen molar-refractivity contribution in [2.75, 3.05) is 0 Å².